The van der Waals surface area contributed by atoms with Crippen LogP contribution >= 0.6 is 11.6 Å². The molecule has 0 bridgehead atoms. The summed E-state index contributed by atoms with van der Waals surface area (Å²) in [6, 6.07) is 10.0. The predicted molar refractivity (Wildman–Crippen MR) is 113 cm³/mol. The maximum absolute atomic E-state index is 14.0. The SMILES string of the molecule is CCCOc1c(Cl)cc(C(=O)N2CCN(c3ccccc3F)CC2)cc1OCC. The highest BCUT2D eigenvalue weighted by atomic mass is 35.5. The molecular formula is C22H26ClFN2O3. The first-order chi connectivity index (χ1) is 14.0. The highest BCUT2D eigenvalue weighted by molar-refractivity contribution is 6.32. The van der Waals surface area contributed by atoms with Gasteiger partial charge in [-0.05, 0) is 37.6 Å². The van der Waals surface area contributed by atoms with Gasteiger partial charge in [-0.15, -0.1) is 0 Å². The third-order valence-electron chi connectivity index (χ3n) is 4.77. The average molecular weight is 421 g/mol. The van der Waals surface area contributed by atoms with Crippen LogP contribution in [0, 0.1) is 5.82 Å². The molecule has 1 saturated heterocycles. The van der Waals surface area contributed by atoms with Gasteiger partial charge in [0, 0.05) is 31.7 Å². The first-order valence-corrected chi connectivity index (χ1v) is 10.3. The minimum atomic E-state index is -0.247. The lowest BCUT2D eigenvalue weighted by molar-refractivity contribution is 0.0746. The summed E-state index contributed by atoms with van der Waals surface area (Å²) in [6.45, 7) is 6.97. The van der Waals surface area contributed by atoms with Gasteiger partial charge in [0.15, 0.2) is 11.5 Å². The van der Waals surface area contributed by atoms with Gasteiger partial charge in [0.1, 0.15) is 5.82 Å². The second kappa shape index (κ2) is 9.83. The number of amides is 1. The number of hydrogen-bond acceptors (Lipinski definition) is 4. The molecule has 1 amide bonds. The summed E-state index contributed by atoms with van der Waals surface area (Å²) in [5.74, 6) is 0.573. The molecule has 0 radical (unpaired) electrons. The van der Waals surface area contributed by atoms with Gasteiger partial charge in [0.25, 0.3) is 5.91 Å². The molecule has 1 heterocycles. The molecule has 1 aliphatic rings. The van der Waals surface area contributed by atoms with Crippen LogP contribution in [0.2, 0.25) is 5.02 Å². The monoisotopic (exact) mass is 420 g/mol. The third kappa shape index (κ3) is 4.93. The van der Waals surface area contributed by atoms with Crippen molar-refractivity contribution >= 4 is 23.2 Å². The van der Waals surface area contributed by atoms with E-state index in [0.29, 0.717) is 67.2 Å². The van der Waals surface area contributed by atoms with E-state index < -0.39 is 0 Å². The molecule has 1 fully saturated rings. The van der Waals surface area contributed by atoms with Crippen molar-refractivity contribution in [1.82, 2.24) is 4.90 Å². The third-order valence-corrected chi connectivity index (χ3v) is 5.05. The summed E-state index contributed by atoms with van der Waals surface area (Å²) in [5.41, 5.74) is 1.03. The number of para-hydroxylation sites is 1. The van der Waals surface area contributed by atoms with Gasteiger partial charge >= 0.3 is 0 Å². The molecule has 0 aliphatic carbocycles. The fourth-order valence-electron chi connectivity index (χ4n) is 3.34. The fraction of sp³-hybridized carbons (Fsp3) is 0.409. The van der Waals surface area contributed by atoms with E-state index in [9.17, 15) is 9.18 Å². The maximum Gasteiger partial charge on any atom is 0.254 e. The lowest BCUT2D eigenvalue weighted by atomic mass is 10.1. The number of anilines is 1. The van der Waals surface area contributed by atoms with Crippen molar-refractivity contribution in [2.45, 2.75) is 20.3 Å². The molecule has 5 nitrogen and oxygen atoms in total. The van der Waals surface area contributed by atoms with Crippen LogP contribution in [-0.2, 0) is 0 Å². The van der Waals surface area contributed by atoms with Gasteiger partial charge < -0.3 is 19.3 Å². The van der Waals surface area contributed by atoms with E-state index in [-0.39, 0.29) is 11.7 Å². The zero-order valence-electron chi connectivity index (χ0n) is 16.8. The van der Waals surface area contributed by atoms with E-state index in [2.05, 4.69) is 0 Å². The molecule has 0 atom stereocenters. The maximum atomic E-state index is 14.0. The summed E-state index contributed by atoms with van der Waals surface area (Å²) in [6.07, 6.45) is 0.842. The Bertz CT molecular complexity index is 854. The predicted octanol–water partition coefficient (Wildman–Crippen LogP) is 4.63. The Balaban J connectivity index is 1.73. The van der Waals surface area contributed by atoms with Gasteiger partial charge in [-0.1, -0.05) is 30.7 Å². The normalized spacial score (nSPS) is 14.1. The molecule has 0 N–H and O–H groups in total. The Labute approximate surface area is 176 Å². The molecule has 7 heteroatoms. The minimum absolute atomic E-state index is 0.122. The largest absolute Gasteiger partial charge is 0.490 e. The Morgan fingerprint density at radius 1 is 1.10 bits per heavy atom. The molecule has 1 aliphatic heterocycles. The van der Waals surface area contributed by atoms with Crippen molar-refractivity contribution in [3.05, 3.63) is 52.8 Å². The Morgan fingerprint density at radius 2 is 1.83 bits per heavy atom. The molecule has 2 aromatic rings. The average Bonchev–Trinajstić information content (AvgIpc) is 2.73. The van der Waals surface area contributed by atoms with Crippen LogP contribution in [0.3, 0.4) is 0 Å². The Kier molecular flexibility index (Phi) is 7.20. The second-order valence-corrected chi connectivity index (χ2v) is 7.20. The zero-order valence-corrected chi connectivity index (χ0v) is 17.5. The molecule has 0 spiro atoms. The van der Waals surface area contributed by atoms with Crippen molar-refractivity contribution in [3.8, 4) is 11.5 Å². The van der Waals surface area contributed by atoms with E-state index in [4.69, 9.17) is 21.1 Å². The number of benzene rings is 2. The van der Waals surface area contributed by atoms with Gasteiger partial charge in [-0.25, -0.2) is 4.39 Å². The van der Waals surface area contributed by atoms with Gasteiger partial charge in [-0.3, -0.25) is 4.79 Å². The smallest absolute Gasteiger partial charge is 0.254 e. The van der Waals surface area contributed by atoms with Crippen LogP contribution in [-0.4, -0.2) is 50.2 Å². The minimum Gasteiger partial charge on any atom is -0.490 e. The summed E-state index contributed by atoms with van der Waals surface area (Å²) in [4.78, 5) is 16.7. The van der Waals surface area contributed by atoms with Crippen molar-refractivity contribution in [2.24, 2.45) is 0 Å². The topological polar surface area (TPSA) is 42.0 Å². The second-order valence-electron chi connectivity index (χ2n) is 6.80. The molecular weight excluding hydrogens is 395 g/mol. The van der Waals surface area contributed by atoms with Gasteiger partial charge in [0.05, 0.1) is 23.9 Å². The van der Waals surface area contributed by atoms with E-state index >= 15 is 0 Å². The summed E-state index contributed by atoms with van der Waals surface area (Å²) >= 11 is 6.38. The summed E-state index contributed by atoms with van der Waals surface area (Å²) in [7, 11) is 0. The van der Waals surface area contributed by atoms with E-state index in [1.807, 2.05) is 24.8 Å². The van der Waals surface area contributed by atoms with Crippen molar-refractivity contribution < 1.29 is 18.7 Å². The van der Waals surface area contributed by atoms with Crippen LogP contribution in [0.25, 0.3) is 0 Å². The van der Waals surface area contributed by atoms with E-state index in [1.165, 1.54) is 6.07 Å². The summed E-state index contributed by atoms with van der Waals surface area (Å²) in [5, 5.41) is 0.359. The highest BCUT2D eigenvalue weighted by Gasteiger charge is 2.25. The highest BCUT2D eigenvalue weighted by Crippen LogP contribution is 2.37. The lowest BCUT2D eigenvalue weighted by Crippen LogP contribution is -2.49. The van der Waals surface area contributed by atoms with Crippen LogP contribution < -0.4 is 14.4 Å². The Hall–Kier alpha value is -2.47. The molecule has 156 valence electrons. The van der Waals surface area contributed by atoms with Crippen molar-refractivity contribution in [1.29, 1.82) is 0 Å². The molecule has 0 unspecified atom stereocenters. The number of halogens is 2. The van der Waals surface area contributed by atoms with Crippen LogP contribution in [0.15, 0.2) is 36.4 Å². The standard InChI is InChI=1S/C22H26ClFN2O3/c1-3-13-29-21-17(23)14-16(15-20(21)28-4-2)22(27)26-11-9-25(10-12-26)19-8-6-5-7-18(19)24/h5-8,14-15H,3-4,9-13H2,1-2H3. The number of rotatable bonds is 7. The van der Waals surface area contributed by atoms with Gasteiger partial charge in [0.2, 0.25) is 0 Å². The number of carbonyl (C=O) groups is 1. The molecule has 2 aromatic carbocycles. The molecule has 0 aromatic heterocycles. The fourth-order valence-corrected chi connectivity index (χ4v) is 3.61. The van der Waals surface area contributed by atoms with Crippen LogP contribution in [0.1, 0.15) is 30.6 Å². The number of carbonyl (C=O) groups excluding carboxylic acids is 1. The number of piperazine rings is 1. The number of hydrogen-bond donors (Lipinski definition) is 0. The van der Waals surface area contributed by atoms with Crippen molar-refractivity contribution in [3.63, 3.8) is 0 Å². The summed E-state index contributed by atoms with van der Waals surface area (Å²) < 4.78 is 25.4. The zero-order chi connectivity index (χ0) is 20.8. The molecule has 29 heavy (non-hydrogen) atoms. The first-order valence-electron chi connectivity index (χ1n) is 9.93. The molecule has 3 rings (SSSR count). The van der Waals surface area contributed by atoms with E-state index in [1.54, 1.807) is 29.2 Å². The van der Waals surface area contributed by atoms with Gasteiger partial charge in [-0.2, -0.15) is 0 Å². The Morgan fingerprint density at radius 3 is 2.48 bits per heavy atom. The van der Waals surface area contributed by atoms with Crippen LogP contribution in [0.4, 0.5) is 10.1 Å². The quantitative estimate of drug-likeness (QED) is 0.655. The first kappa shape index (κ1) is 21.2. The van der Waals surface area contributed by atoms with Crippen molar-refractivity contribution in [2.75, 3.05) is 44.3 Å². The molecule has 0 saturated carbocycles. The lowest BCUT2D eigenvalue weighted by Gasteiger charge is -2.36. The van der Waals surface area contributed by atoms with Crippen LogP contribution in [0.5, 0.6) is 11.5 Å². The van der Waals surface area contributed by atoms with E-state index in [0.717, 1.165) is 6.42 Å². The number of nitrogens with zero attached hydrogens (tertiary/aromatic N) is 2. The number of ether oxygens (including phenoxy) is 2.